The van der Waals surface area contributed by atoms with Crippen LogP contribution in [-0.2, 0) is 19.6 Å². The quantitative estimate of drug-likeness (QED) is 0.845. The molecule has 0 spiro atoms. The highest BCUT2D eigenvalue weighted by atomic mass is 15.1. The molecule has 2 rings (SSSR count). The third-order valence-electron chi connectivity index (χ3n) is 2.96. The second kappa shape index (κ2) is 6.36. The molecule has 0 aliphatic carbocycles. The molecule has 1 aromatic carbocycles. The summed E-state index contributed by atoms with van der Waals surface area (Å²) >= 11 is 0. The molecule has 0 bridgehead atoms. The number of nitrogens with one attached hydrogen (secondary N) is 1. The van der Waals surface area contributed by atoms with E-state index in [0.717, 1.165) is 31.9 Å². The van der Waals surface area contributed by atoms with Crippen LogP contribution in [0.25, 0.3) is 0 Å². The van der Waals surface area contributed by atoms with Crippen molar-refractivity contribution in [1.82, 2.24) is 14.9 Å². The molecule has 0 saturated heterocycles. The van der Waals surface area contributed by atoms with Gasteiger partial charge in [-0.25, -0.2) is 4.98 Å². The molecular formula is C15H21N3. The van der Waals surface area contributed by atoms with Gasteiger partial charge >= 0.3 is 0 Å². The summed E-state index contributed by atoms with van der Waals surface area (Å²) in [4.78, 5) is 4.38. The Bertz CT molecular complexity index is 488. The molecule has 3 nitrogen and oxygen atoms in total. The van der Waals surface area contributed by atoms with Crippen LogP contribution < -0.4 is 5.32 Å². The van der Waals surface area contributed by atoms with Crippen LogP contribution in [0.1, 0.15) is 30.3 Å². The van der Waals surface area contributed by atoms with Gasteiger partial charge in [0.1, 0.15) is 5.82 Å². The first kappa shape index (κ1) is 12.8. The highest BCUT2D eigenvalue weighted by Crippen LogP contribution is 2.04. The molecule has 96 valence electrons. The predicted molar refractivity (Wildman–Crippen MR) is 74.2 cm³/mol. The molecule has 0 aliphatic heterocycles. The van der Waals surface area contributed by atoms with Gasteiger partial charge in [-0.2, -0.15) is 0 Å². The Morgan fingerprint density at radius 2 is 2.17 bits per heavy atom. The molecule has 18 heavy (non-hydrogen) atoms. The molecule has 0 atom stereocenters. The van der Waals surface area contributed by atoms with Crippen LogP contribution in [0.15, 0.2) is 36.7 Å². The van der Waals surface area contributed by atoms with Crippen LogP contribution in [0.3, 0.4) is 0 Å². The van der Waals surface area contributed by atoms with E-state index < -0.39 is 0 Å². The zero-order chi connectivity index (χ0) is 12.8. The van der Waals surface area contributed by atoms with Crippen molar-refractivity contribution in [2.75, 3.05) is 0 Å². The second-order valence-electron chi connectivity index (χ2n) is 4.63. The normalized spacial score (nSPS) is 10.8. The van der Waals surface area contributed by atoms with Crippen LogP contribution in [0.2, 0.25) is 0 Å². The van der Waals surface area contributed by atoms with E-state index in [4.69, 9.17) is 0 Å². The van der Waals surface area contributed by atoms with E-state index in [1.165, 1.54) is 11.1 Å². The number of benzene rings is 1. The zero-order valence-corrected chi connectivity index (χ0v) is 11.2. The largest absolute Gasteiger partial charge is 0.334 e. The van der Waals surface area contributed by atoms with Gasteiger partial charge in [-0.15, -0.1) is 0 Å². The van der Waals surface area contributed by atoms with Gasteiger partial charge in [0.25, 0.3) is 0 Å². The fraction of sp³-hybridized carbons (Fsp3) is 0.400. The van der Waals surface area contributed by atoms with Gasteiger partial charge in [0.05, 0.1) is 6.54 Å². The van der Waals surface area contributed by atoms with Crippen LogP contribution in [0.4, 0.5) is 0 Å². The van der Waals surface area contributed by atoms with E-state index >= 15 is 0 Å². The first-order valence-electron chi connectivity index (χ1n) is 6.56. The van der Waals surface area contributed by atoms with Crippen LogP contribution in [-0.4, -0.2) is 9.55 Å². The van der Waals surface area contributed by atoms with Crippen molar-refractivity contribution in [2.24, 2.45) is 0 Å². The van der Waals surface area contributed by atoms with Crippen LogP contribution >= 0.6 is 0 Å². The van der Waals surface area contributed by atoms with Crippen molar-refractivity contribution in [3.05, 3.63) is 53.6 Å². The molecule has 3 heteroatoms. The fourth-order valence-electron chi connectivity index (χ4n) is 2.09. The van der Waals surface area contributed by atoms with Gasteiger partial charge in [0.15, 0.2) is 0 Å². The molecule has 0 saturated carbocycles. The standard InChI is InChI=1S/C15H21N3/c1-3-8-18-9-7-17-15(18)12-16-11-14-6-4-5-13(2)10-14/h4-7,9-10,16H,3,8,11-12H2,1-2H3. The maximum Gasteiger partial charge on any atom is 0.122 e. The number of aryl methyl sites for hydroxylation is 2. The maximum atomic E-state index is 4.38. The lowest BCUT2D eigenvalue weighted by Crippen LogP contribution is -2.16. The van der Waals surface area contributed by atoms with Gasteiger partial charge in [-0.05, 0) is 18.9 Å². The molecule has 0 amide bonds. The second-order valence-corrected chi connectivity index (χ2v) is 4.63. The summed E-state index contributed by atoms with van der Waals surface area (Å²) in [5.41, 5.74) is 2.63. The Morgan fingerprint density at radius 1 is 1.28 bits per heavy atom. The number of rotatable bonds is 6. The Hall–Kier alpha value is -1.61. The van der Waals surface area contributed by atoms with Gasteiger partial charge in [-0.3, -0.25) is 0 Å². The summed E-state index contributed by atoms with van der Waals surface area (Å²) in [6.45, 7) is 7.06. The molecular weight excluding hydrogens is 222 g/mol. The van der Waals surface area contributed by atoms with Crippen LogP contribution in [0.5, 0.6) is 0 Å². The van der Waals surface area contributed by atoms with Crippen molar-refractivity contribution < 1.29 is 0 Å². The van der Waals surface area contributed by atoms with Gasteiger partial charge < -0.3 is 9.88 Å². The molecule has 0 aliphatic rings. The third-order valence-corrected chi connectivity index (χ3v) is 2.96. The molecule has 1 N–H and O–H groups in total. The number of hydrogen-bond donors (Lipinski definition) is 1. The van der Waals surface area contributed by atoms with Gasteiger partial charge in [0, 0.05) is 25.5 Å². The molecule has 2 aromatic rings. The average Bonchev–Trinajstić information content (AvgIpc) is 2.78. The summed E-state index contributed by atoms with van der Waals surface area (Å²) < 4.78 is 2.21. The Kier molecular flexibility index (Phi) is 4.53. The van der Waals surface area contributed by atoms with Crippen LogP contribution in [0, 0.1) is 6.92 Å². The lowest BCUT2D eigenvalue weighted by molar-refractivity contribution is 0.588. The number of aromatic nitrogens is 2. The van der Waals surface area contributed by atoms with Gasteiger partial charge in [-0.1, -0.05) is 36.8 Å². The maximum absolute atomic E-state index is 4.38. The minimum absolute atomic E-state index is 0.820. The summed E-state index contributed by atoms with van der Waals surface area (Å²) in [6, 6.07) is 8.59. The molecule has 1 heterocycles. The van der Waals surface area contributed by atoms with Crippen molar-refractivity contribution >= 4 is 0 Å². The van der Waals surface area contributed by atoms with E-state index in [0.29, 0.717) is 0 Å². The topological polar surface area (TPSA) is 29.9 Å². The highest BCUT2D eigenvalue weighted by Gasteiger charge is 2.01. The van der Waals surface area contributed by atoms with E-state index in [1.54, 1.807) is 0 Å². The lowest BCUT2D eigenvalue weighted by Gasteiger charge is -2.08. The van der Waals surface area contributed by atoms with E-state index in [9.17, 15) is 0 Å². The van der Waals surface area contributed by atoms with Crippen molar-refractivity contribution in [3.8, 4) is 0 Å². The van der Waals surface area contributed by atoms with Crippen molar-refractivity contribution in [1.29, 1.82) is 0 Å². The molecule has 0 fully saturated rings. The predicted octanol–water partition coefficient (Wildman–Crippen LogP) is 2.89. The Morgan fingerprint density at radius 3 is 2.94 bits per heavy atom. The summed E-state index contributed by atoms with van der Waals surface area (Å²) in [5, 5.41) is 3.45. The highest BCUT2D eigenvalue weighted by molar-refractivity contribution is 5.21. The first-order chi connectivity index (χ1) is 8.79. The minimum atomic E-state index is 0.820. The Balaban J connectivity index is 1.86. The average molecular weight is 243 g/mol. The summed E-state index contributed by atoms with van der Waals surface area (Å²) in [7, 11) is 0. The zero-order valence-electron chi connectivity index (χ0n) is 11.2. The SMILES string of the molecule is CCCn1ccnc1CNCc1cccc(C)c1. The first-order valence-corrected chi connectivity index (χ1v) is 6.56. The summed E-state index contributed by atoms with van der Waals surface area (Å²) in [6.07, 6.45) is 5.06. The van der Waals surface area contributed by atoms with Crippen molar-refractivity contribution in [2.45, 2.75) is 39.9 Å². The number of imidazole rings is 1. The number of hydrogen-bond acceptors (Lipinski definition) is 2. The number of nitrogens with zero attached hydrogens (tertiary/aromatic N) is 2. The Labute approximate surface area is 109 Å². The van der Waals surface area contributed by atoms with E-state index in [2.05, 4.69) is 53.0 Å². The van der Waals surface area contributed by atoms with E-state index in [-0.39, 0.29) is 0 Å². The van der Waals surface area contributed by atoms with E-state index in [1.807, 2.05) is 12.4 Å². The smallest absolute Gasteiger partial charge is 0.122 e. The molecule has 1 aromatic heterocycles. The summed E-state index contributed by atoms with van der Waals surface area (Å²) in [5.74, 6) is 1.12. The third kappa shape index (κ3) is 3.44. The van der Waals surface area contributed by atoms with Crippen molar-refractivity contribution in [3.63, 3.8) is 0 Å². The molecule has 0 unspecified atom stereocenters. The molecule has 0 radical (unpaired) electrons. The van der Waals surface area contributed by atoms with Gasteiger partial charge in [0.2, 0.25) is 0 Å². The lowest BCUT2D eigenvalue weighted by atomic mass is 10.1. The fourth-order valence-corrected chi connectivity index (χ4v) is 2.09. The minimum Gasteiger partial charge on any atom is -0.334 e. The monoisotopic (exact) mass is 243 g/mol.